The smallest absolute Gasteiger partial charge is 0.235 e. The molecule has 5 nitrogen and oxygen atoms in total. The highest BCUT2D eigenvalue weighted by Crippen LogP contribution is 2.53. The van der Waals surface area contributed by atoms with Crippen molar-refractivity contribution < 1.29 is 0 Å². The Bertz CT molecular complexity index is 3400. The van der Waals surface area contributed by atoms with Gasteiger partial charge < -0.3 is 4.90 Å². The van der Waals surface area contributed by atoms with Crippen LogP contribution in [0.4, 0.5) is 11.4 Å². The van der Waals surface area contributed by atoms with Gasteiger partial charge in [0.2, 0.25) is 5.95 Å². The molecule has 6 heteroatoms. The summed E-state index contributed by atoms with van der Waals surface area (Å²) in [5.74, 6) is 1.05. The van der Waals surface area contributed by atoms with Gasteiger partial charge in [0.15, 0.2) is 0 Å². The van der Waals surface area contributed by atoms with Crippen molar-refractivity contribution in [1.82, 2.24) is 19.5 Å². The Balaban J connectivity index is 1.08. The van der Waals surface area contributed by atoms with Gasteiger partial charge in [-0.25, -0.2) is 15.0 Å². The summed E-state index contributed by atoms with van der Waals surface area (Å²) in [6.07, 6.45) is 5.73. The summed E-state index contributed by atoms with van der Waals surface area (Å²) >= 11 is 1.74. The molecule has 0 radical (unpaired) electrons. The van der Waals surface area contributed by atoms with Crippen molar-refractivity contribution in [3.05, 3.63) is 205 Å². The van der Waals surface area contributed by atoms with E-state index in [0.717, 1.165) is 71.5 Å². The van der Waals surface area contributed by atoms with E-state index in [2.05, 4.69) is 206 Å². The summed E-state index contributed by atoms with van der Waals surface area (Å²) in [7, 11) is 0. The Hall–Kier alpha value is -7.41. The third kappa shape index (κ3) is 6.16. The summed E-state index contributed by atoms with van der Waals surface area (Å²) < 4.78 is 3.39. The molecule has 0 saturated heterocycles. The quantitative estimate of drug-likeness (QED) is 0.167. The number of fused-ring (bicyclic) bond motifs is 5. The molecular formula is C57H43N5S. The van der Waals surface area contributed by atoms with Gasteiger partial charge in [-0.2, -0.15) is 0 Å². The molecule has 1 unspecified atom stereocenters. The maximum Gasteiger partial charge on any atom is 0.235 e. The normalized spacial score (nSPS) is 15.6. The van der Waals surface area contributed by atoms with Crippen molar-refractivity contribution >= 4 is 54.7 Å². The average molecular weight is 830 g/mol. The predicted octanol–water partition coefficient (Wildman–Crippen LogP) is 15.1. The van der Waals surface area contributed by atoms with E-state index in [0.29, 0.717) is 11.9 Å². The fraction of sp³-hybridized carbons (Fsp3) is 0.105. The van der Waals surface area contributed by atoms with Crippen molar-refractivity contribution in [2.24, 2.45) is 5.92 Å². The maximum atomic E-state index is 5.34. The van der Waals surface area contributed by atoms with Gasteiger partial charge in [-0.3, -0.25) is 4.57 Å². The monoisotopic (exact) mass is 829 g/mol. The standard InChI is InChI=1S/C57H43N5S/c1-36-17-16-26-51-54(36)57(2,3)45-32-41(28-30-50(45)61(51)42-24-14-7-15-25-42)40-27-29-49-43(31-40)44-33-53-48(58-55(63-53)39-22-12-6-13-23-39)35-52(44)62(49)56-59-46(37-18-8-4-9-19-37)34-47(60-56)38-20-10-5-11-21-38/h4-16,18-36H,17H2,1-3H3. The molecule has 7 aromatic carbocycles. The van der Waals surface area contributed by atoms with Gasteiger partial charge in [-0.1, -0.05) is 148 Å². The van der Waals surface area contributed by atoms with Crippen LogP contribution in [0.1, 0.15) is 32.8 Å². The number of anilines is 2. The van der Waals surface area contributed by atoms with Crippen LogP contribution in [-0.4, -0.2) is 19.5 Å². The molecule has 63 heavy (non-hydrogen) atoms. The summed E-state index contributed by atoms with van der Waals surface area (Å²) in [6, 6.07) is 62.8. The first kappa shape index (κ1) is 37.4. The Morgan fingerprint density at radius 3 is 1.86 bits per heavy atom. The highest BCUT2D eigenvalue weighted by Gasteiger charge is 2.41. The number of hydrogen-bond donors (Lipinski definition) is 0. The topological polar surface area (TPSA) is 46.8 Å². The first-order valence-electron chi connectivity index (χ1n) is 21.7. The molecule has 12 rings (SSSR count). The van der Waals surface area contributed by atoms with Crippen LogP contribution in [0.25, 0.3) is 82.2 Å². The summed E-state index contributed by atoms with van der Waals surface area (Å²) in [4.78, 5) is 18.4. The molecule has 0 N–H and O–H groups in total. The van der Waals surface area contributed by atoms with Crippen molar-refractivity contribution in [3.63, 3.8) is 0 Å². The van der Waals surface area contributed by atoms with E-state index < -0.39 is 0 Å². The number of para-hydroxylation sites is 1. The number of benzene rings is 7. The molecule has 1 aliphatic carbocycles. The number of hydrogen-bond acceptors (Lipinski definition) is 5. The van der Waals surface area contributed by atoms with Crippen LogP contribution in [-0.2, 0) is 5.41 Å². The van der Waals surface area contributed by atoms with Gasteiger partial charge in [-0.05, 0) is 95.3 Å². The molecule has 0 bridgehead atoms. The second kappa shape index (κ2) is 14.6. The van der Waals surface area contributed by atoms with Crippen LogP contribution < -0.4 is 4.90 Å². The molecule has 1 aliphatic heterocycles. The second-order valence-electron chi connectivity index (χ2n) is 17.3. The van der Waals surface area contributed by atoms with Gasteiger partial charge in [0.05, 0.1) is 38.3 Å². The predicted molar refractivity (Wildman–Crippen MR) is 263 cm³/mol. The molecule has 2 aliphatic rings. The zero-order valence-electron chi connectivity index (χ0n) is 35.3. The molecule has 0 amide bonds. The summed E-state index contributed by atoms with van der Waals surface area (Å²) in [5.41, 5.74) is 16.7. The first-order valence-corrected chi connectivity index (χ1v) is 22.6. The van der Waals surface area contributed by atoms with E-state index in [1.165, 1.54) is 39.3 Å². The average Bonchev–Trinajstić information content (AvgIpc) is 3.90. The lowest BCUT2D eigenvalue weighted by molar-refractivity contribution is 0.499. The highest BCUT2D eigenvalue weighted by atomic mass is 32.1. The lowest BCUT2D eigenvalue weighted by atomic mass is 9.66. The summed E-state index contributed by atoms with van der Waals surface area (Å²) in [6.45, 7) is 7.21. The number of nitrogens with zero attached hydrogens (tertiary/aromatic N) is 5. The fourth-order valence-corrected chi connectivity index (χ4v) is 11.1. The van der Waals surface area contributed by atoms with E-state index in [1.807, 2.05) is 12.1 Å². The molecular weight excluding hydrogens is 787 g/mol. The Labute approximate surface area is 371 Å². The number of allylic oxidation sites excluding steroid dienone is 3. The Kier molecular flexibility index (Phi) is 8.66. The Morgan fingerprint density at radius 2 is 1.17 bits per heavy atom. The van der Waals surface area contributed by atoms with E-state index in [1.54, 1.807) is 11.3 Å². The van der Waals surface area contributed by atoms with Gasteiger partial charge in [0.1, 0.15) is 5.01 Å². The van der Waals surface area contributed by atoms with Crippen molar-refractivity contribution in [2.75, 3.05) is 4.90 Å². The van der Waals surface area contributed by atoms with Gasteiger partial charge in [0, 0.05) is 44.3 Å². The zero-order chi connectivity index (χ0) is 42.2. The number of aromatic nitrogens is 4. The SMILES string of the molecule is CC1CC=CC2=C1C(C)(C)c1cc(-c3ccc4c(c3)c3cc5sc(-c6ccccc6)nc5cc3n4-c3nc(-c4ccccc4)cc(-c4ccccc4)n3)ccc1N2c1ccccc1. The number of thiazole rings is 1. The third-order valence-corrected chi connectivity index (χ3v) is 14.1. The molecule has 302 valence electrons. The largest absolute Gasteiger partial charge is 0.310 e. The molecule has 1 atom stereocenters. The van der Waals surface area contributed by atoms with Gasteiger partial charge in [-0.15, -0.1) is 11.3 Å². The molecule has 0 fully saturated rings. The Morgan fingerprint density at radius 1 is 0.571 bits per heavy atom. The van der Waals surface area contributed by atoms with Crippen LogP contribution in [0.5, 0.6) is 0 Å². The lowest BCUT2D eigenvalue weighted by Gasteiger charge is -2.46. The van der Waals surface area contributed by atoms with Gasteiger partial charge in [0.25, 0.3) is 0 Å². The number of rotatable bonds is 6. The highest BCUT2D eigenvalue weighted by molar-refractivity contribution is 7.21. The lowest BCUT2D eigenvalue weighted by Crippen LogP contribution is -2.37. The summed E-state index contributed by atoms with van der Waals surface area (Å²) in [5, 5.41) is 3.29. The molecule has 0 saturated carbocycles. The van der Waals surface area contributed by atoms with Crippen molar-refractivity contribution in [2.45, 2.75) is 32.6 Å². The van der Waals surface area contributed by atoms with E-state index in [4.69, 9.17) is 15.0 Å². The zero-order valence-corrected chi connectivity index (χ0v) is 36.1. The molecule has 4 heterocycles. The van der Waals surface area contributed by atoms with Crippen LogP contribution in [0.15, 0.2) is 199 Å². The second-order valence-corrected chi connectivity index (χ2v) is 18.4. The molecule has 10 aromatic rings. The minimum atomic E-state index is -0.165. The van der Waals surface area contributed by atoms with Crippen molar-refractivity contribution in [3.8, 4) is 50.2 Å². The minimum Gasteiger partial charge on any atom is -0.310 e. The van der Waals surface area contributed by atoms with Crippen molar-refractivity contribution in [1.29, 1.82) is 0 Å². The van der Waals surface area contributed by atoms with Crippen LogP contribution >= 0.6 is 11.3 Å². The maximum absolute atomic E-state index is 5.34. The van der Waals surface area contributed by atoms with Crippen LogP contribution in [0.2, 0.25) is 0 Å². The molecule has 0 spiro atoms. The first-order chi connectivity index (χ1) is 30.9. The van der Waals surface area contributed by atoms with Crippen LogP contribution in [0, 0.1) is 5.92 Å². The third-order valence-electron chi connectivity index (χ3n) is 13.1. The fourth-order valence-electron chi connectivity index (χ4n) is 10.1. The molecule has 3 aromatic heterocycles. The van der Waals surface area contributed by atoms with E-state index >= 15 is 0 Å². The van der Waals surface area contributed by atoms with Crippen LogP contribution in [0.3, 0.4) is 0 Å². The van der Waals surface area contributed by atoms with E-state index in [9.17, 15) is 0 Å². The van der Waals surface area contributed by atoms with Gasteiger partial charge >= 0.3 is 0 Å². The minimum absolute atomic E-state index is 0.165. The van der Waals surface area contributed by atoms with E-state index in [-0.39, 0.29) is 5.41 Å².